The molecule has 4 rings (SSSR count). The van der Waals surface area contributed by atoms with Gasteiger partial charge in [-0.05, 0) is 42.0 Å². The Morgan fingerprint density at radius 3 is 2.27 bits per heavy atom. The number of alkyl halides is 3. The van der Waals surface area contributed by atoms with Crippen molar-refractivity contribution in [1.29, 1.82) is 0 Å². The van der Waals surface area contributed by atoms with Gasteiger partial charge in [0.15, 0.2) is 0 Å². The summed E-state index contributed by atoms with van der Waals surface area (Å²) in [6, 6.07) is 19.5. The molecule has 0 aliphatic rings. The fraction of sp³-hybridized carbons (Fsp3) is 0.0435. The van der Waals surface area contributed by atoms with Gasteiger partial charge in [0, 0.05) is 10.9 Å². The molecule has 0 spiro atoms. The van der Waals surface area contributed by atoms with Crippen LogP contribution in [0.5, 0.6) is 0 Å². The van der Waals surface area contributed by atoms with Crippen molar-refractivity contribution >= 4 is 22.6 Å². The van der Waals surface area contributed by atoms with Crippen LogP contribution in [-0.2, 0) is 6.18 Å². The Hall–Kier alpha value is -3.87. The lowest BCUT2D eigenvalue weighted by Crippen LogP contribution is -2.16. The van der Waals surface area contributed by atoms with Crippen LogP contribution in [0.15, 0.2) is 88.1 Å². The number of benzene rings is 3. The van der Waals surface area contributed by atoms with Gasteiger partial charge in [-0.25, -0.2) is 4.79 Å². The minimum absolute atomic E-state index is 0.154. The van der Waals surface area contributed by atoms with E-state index in [2.05, 4.69) is 5.32 Å². The van der Waals surface area contributed by atoms with Crippen molar-refractivity contribution in [3.05, 3.63) is 100 Å². The second-order valence-corrected chi connectivity index (χ2v) is 6.56. The van der Waals surface area contributed by atoms with Crippen molar-refractivity contribution < 1.29 is 22.4 Å². The number of carbonyl (C=O) groups excluding carboxylic acids is 1. The van der Waals surface area contributed by atoms with Crippen molar-refractivity contribution in [2.45, 2.75) is 6.18 Å². The maximum Gasteiger partial charge on any atom is 0.418 e. The van der Waals surface area contributed by atoms with Gasteiger partial charge in [-0.15, -0.1) is 0 Å². The summed E-state index contributed by atoms with van der Waals surface area (Å²) in [4.78, 5) is 24.7. The molecule has 4 aromatic rings. The van der Waals surface area contributed by atoms with Gasteiger partial charge in [0.1, 0.15) is 5.58 Å². The molecular weight excluding hydrogens is 395 g/mol. The van der Waals surface area contributed by atoms with Gasteiger partial charge in [-0.2, -0.15) is 13.2 Å². The Bertz CT molecular complexity index is 1290. The SMILES string of the molecule is O=C(Nc1ccccc1C(F)(F)F)c1ccc(-c2cc3ccccc3oc2=O)cc1. The average Bonchev–Trinajstić information content (AvgIpc) is 2.73. The van der Waals surface area contributed by atoms with E-state index in [9.17, 15) is 22.8 Å². The first kappa shape index (κ1) is 19.4. The van der Waals surface area contributed by atoms with Gasteiger partial charge < -0.3 is 9.73 Å². The predicted molar refractivity (Wildman–Crippen MR) is 107 cm³/mol. The van der Waals surface area contributed by atoms with E-state index >= 15 is 0 Å². The first-order valence-corrected chi connectivity index (χ1v) is 8.94. The van der Waals surface area contributed by atoms with Crippen LogP contribution in [0.4, 0.5) is 18.9 Å². The number of carbonyl (C=O) groups is 1. The molecule has 0 atom stereocenters. The second kappa shape index (κ2) is 7.51. The van der Waals surface area contributed by atoms with E-state index in [0.29, 0.717) is 16.7 Å². The lowest BCUT2D eigenvalue weighted by Gasteiger charge is -2.13. The number of nitrogens with one attached hydrogen (secondary N) is 1. The molecule has 4 nitrogen and oxygen atoms in total. The molecule has 0 bridgehead atoms. The van der Waals surface area contributed by atoms with E-state index in [0.717, 1.165) is 11.5 Å². The van der Waals surface area contributed by atoms with E-state index in [1.165, 1.54) is 30.3 Å². The average molecular weight is 409 g/mol. The number of fused-ring (bicyclic) bond motifs is 1. The fourth-order valence-corrected chi connectivity index (χ4v) is 3.10. The fourth-order valence-electron chi connectivity index (χ4n) is 3.10. The zero-order valence-corrected chi connectivity index (χ0v) is 15.4. The standard InChI is InChI=1S/C23H14F3NO3/c24-23(25,26)18-6-2-3-7-19(18)27-21(28)15-11-9-14(10-12-15)17-13-16-5-1-4-8-20(16)30-22(17)29/h1-13H,(H,27,28). The number of hydrogen-bond acceptors (Lipinski definition) is 3. The molecule has 0 saturated heterocycles. The highest BCUT2D eigenvalue weighted by Gasteiger charge is 2.33. The van der Waals surface area contributed by atoms with Gasteiger partial charge in [-0.1, -0.05) is 42.5 Å². The van der Waals surface area contributed by atoms with Crippen LogP contribution >= 0.6 is 0 Å². The number of rotatable bonds is 3. The maximum absolute atomic E-state index is 13.1. The van der Waals surface area contributed by atoms with Crippen molar-refractivity contribution in [1.82, 2.24) is 0 Å². The highest BCUT2D eigenvalue weighted by atomic mass is 19.4. The quantitative estimate of drug-likeness (QED) is 0.440. The molecular formula is C23H14F3NO3. The summed E-state index contributed by atoms with van der Waals surface area (Å²) < 4.78 is 44.6. The highest BCUT2D eigenvalue weighted by molar-refractivity contribution is 6.05. The topological polar surface area (TPSA) is 59.3 Å². The molecule has 1 N–H and O–H groups in total. The van der Waals surface area contributed by atoms with E-state index in [1.807, 2.05) is 12.1 Å². The molecule has 150 valence electrons. The Morgan fingerprint density at radius 1 is 0.867 bits per heavy atom. The summed E-state index contributed by atoms with van der Waals surface area (Å²) in [7, 11) is 0. The summed E-state index contributed by atoms with van der Waals surface area (Å²) in [5.74, 6) is -0.691. The third-order valence-corrected chi connectivity index (χ3v) is 4.58. The summed E-state index contributed by atoms with van der Waals surface area (Å²) in [6.45, 7) is 0. The van der Waals surface area contributed by atoms with Crippen molar-refractivity contribution in [3.63, 3.8) is 0 Å². The third kappa shape index (κ3) is 3.82. The molecule has 0 radical (unpaired) electrons. The molecule has 1 amide bonds. The first-order chi connectivity index (χ1) is 14.3. The summed E-state index contributed by atoms with van der Waals surface area (Å²) in [5, 5.41) is 3.04. The van der Waals surface area contributed by atoms with Crippen LogP contribution in [0.1, 0.15) is 15.9 Å². The highest BCUT2D eigenvalue weighted by Crippen LogP contribution is 2.34. The molecule has 0 aliphatic carbocycles. The van der Waals surface area contributed by atoms with E-state index in [-0.39, 0.29) is 11.3 Å². The van der Waals surface area contributed by atoms with Crippen LogP contribution in [0.2, 0.25) is 0 Å². The third-order valence-electron chi connectivity index (χ3n) is 4.58. The van der Waals surface area contributed by atoms with Gasteiger partial charge >= 0.3 is 11.8 Å². The van der Waals surface area contributed by atoms with Crippen LogP contribution in [0, 0.1) is 0 Å². The van der Waals surface area contributed by atoms with Crippen LogP contribution < -0.4 is 10.9 Å². The Kier molecular flexibility index (Phi) is 4.87. The molecule has 0 saturated carbocycles. The van der Waals surface area contributed by atoms with Gasteiger partial charge in [0.25, 0.3) is 5.91 Å². The number of hydrogen-bond donors (Lipinski definition) is 1. The molecule has 0 fully saturated rings. The van der Waals surface area contributed by atoms with Crippen molar-refractivity contribution in [3.8, 4) is 11.1 Å². The minimum Gasteiger partial charge on any atom is -0.422 e. The minimum atomic E-state index is -4.59. The zero-order valence-electron chi connectivity index (χ0n) is 15.4. The number of para-hydroxylation sites is 2. The Labute approximate surface area is 168 Å². The van der Waals surface area contributed by atoms with Gasteiger partial charge in [0.2, 0.25) is 0 Å². The second-order valence-electron chi connectivity index (χ2n) is 6.56. The van der Waals surface area contributed by atoms with Crippen LogP contribution in [0.25, 0.3) is 22.1 Å². The molecule has 0 aliphatic heterocycles. The number of amides is 1. The summed E-state index contributed by atoms with van der Waals surface area (Å²) in [5.41, 5.74) is -0.306. The number of halogens is 3. The molecule has 7 heteroatoms. The first-order valence-electron chi connectivity index (χ1n) is 8.94. The predicted octanol–water partition coefficient (Wildman–Crippen LogP) is 5.73. The Balaban J connectivity index is 1.61. The molecule has 30 heavy (non-hydrogen) atoms. The van der Waals surface area contributed by atoms with Crippen molar-refractivity contribution in [2.75, 3.05) is 5.32 Å². The largest absolute Gasteiger partial charge is 0.422 e. The summed E-state index contributed by atoms with van der Waals surface area (Å²) in [6.07, 6.45) is -4.59. The normalized spacial score (nSPS) is 11.4. The molecule has 1 aromatic heterocycles. The van der Waals surface area contributed by atoms with E-state index in [1.54, 1.807) is 30.3 Å². The molecule has 1 heterocycles. The monoisotopic (exact) mass is 409 g/mol. The van der Waals surface area contributed by atoms with Crippen LogP contribution in [0.3, 0.4) is 0 Å². The van der Waals surface area contributed by atoms with Gasteiger partial charge in [0.05, 0.1) is 16.8 Å². The lowest BCUT2D eigenvalue weighted by molar-refractivity contribution is -0.136. The molecule has 3 aromatic carbocycles. The van der Waals surface area contributed by atoms with Crippen LogP contribution in [-0.4, -0.2) is 5.91 Å². The smallest absolute Gasteiger partial charge is 0.418 e. The van der Waals surface area contributed by atoms with Crippen molar-refractivity contribution in [2.24, 2.45) is 0 Å². The van der Waals surface area contributed by atoms with E-state index < -0.39 is 23.3 Å². The maximum atomic E-state index is 13.1. The molecule has 0 unspecified atom stereocenters. The number of anilines is 1. The van der Waals surface area contributed by atoms with E-state index in [4.69, 9.17) is 4.42 Å². The van der Waals surface area contributed by atoms with Gasteiger partial charge in [-0.3, -0.25) is 4.79 Å². The lowest BCUT2D eigenvalue weighted by atomic mass is 10.0. The summed E-state index contributed by atoms with van der Waals surface area (Å²) >= 11 is 0. The Morgan fingerprint density at radius 2 is 1.53 bits per heavy atom. The zero-order chi connectivity index (χ0) is 21.3.